The lowest BCUT2D eigenvalue weighted by atomic mass is 10.1. The minimum Gasteiger partial charge on any atom is -0.271 e. The van der Waals surface area contributed by atoms with Gasteiger partial charge < -0.3 is 0 Å². The summed E-state index contributed by atoms with van der Waals surface area (Å²) in [6, 6.07) is 0.375. The van der Waals surface area contributed by atoms with E-state index in [0.29, 0.717) is 11.3 Å². The van der Waals surface area contributed by atoms with E-state index in [9.17, 15) is 0 Å². The summed E-state index contributed by atoms with van der Waals surface area (Å²) in [5, 5.41) is 0.672. The minimum atomic E-state index is 0.375. The number of hydrogen-bond acceptors (Lipinski definition) is 3. The lowest BCUT2D eigenvalue weighted by Gasteiger charge is -2.17. The van der Waals surface area contributed by atoms with Crippen LogP contribution in [0.4, 0.5) is 0 Å². The first-order valence-corrected chi connectivity index (χ1v) is 5.89. The van der Waals surface area contributed by atoms with Crippen molar-refractivity contribution in [1.29, 1.82) is 0 Å². The Kier molecular flexibility index (Phi) is 7.42. The zero-order valence-corrected chi connectivity index (χ0v) is 9.79. The fourth-order valence-corrected chi connectivity index (χ4v) is 1.80. The van der Waals surface area contributed by atoms with Gasteiger partial charge in [0.2, 0.25) is 0 Å². The molecule has 0 saturated heterocycles. The Hall–Kier alpha value is 0.01000. The largest absolute Gasteiger partial charge is 0.271 e. The quantitative estimate of drug-likeness (QED) is 0.378. The van der Waals surface area contributed by atoms with Crippen molar-refractivity contribution < 1.29 is 0 Å². The molecular formula is C10H22N2S. The van der Waals surface area contributed by atoms with Crippen LogP contribution in [0.1, 0.15) is 33.6 Å². The first-order chi connectivity index (χ1) is 6.10. The Morgan fingerprint density at radius 2 is 2.15 bits per heavy atom. The van der Waals surface area contributed by atoms with Gasteiger partial charge in [0, 0.05) is 11.8 Å². The standard InChI is InChI=1S/C10H22N2S/c1-5-9(4)6-10(12-11)7-13-8(2)3/h8,10,12H,4-7,11H2,1-3H3. The fraction of sp³-hybridized carbons (Fsp3) is 0.800. The predicted octanol–water partition coefficient (Wildman–Crippen LogP) is 2.32. The molecule has 0 amide bonds. The summed E-state index contributed by atoms with van der Waals surface area (Å²) in [6.07, 6.45) is 2.04. The van der Waals surface area contributed by atoms with Crippen molar-refractivity contribution in [3.63, 3.8) is 0 Å². The second kappa shape index (κ2) is 7.42. The molecule has 1 atom stereocenters. The van der Waals surface area contributed by atoms with E-state index >= 15 is 0 Å². The molecule has 0 spiro atoms. The first kappa shape index (κ1) is 13.0. The van der Waals surface area contributed by atoms with Gasteiger partial charge >= 0.3 is 0 Å². The maximum absolute atomic E-state index is 5.46. The molecule has 0 aliphatic carbocycles. The van der Waals surface area contributed by atoms with Crippen LogP contribution in [-0.2, 0) is 0 Å². The van der Waals surface area contributed by atoms with Crippen LogP contribution in [0.25, 0.3) is 0 Å². The van der Waals surface area contributed by atoms with E-state index in [1.54, 1.807) is 0 Å². The number of nitrogens with two attached hydrogens (primary N) is 1. The summed E-state index contributed by atoms with van der Waals surface area (Å²) < 4.78 is 0. The van der Waals surface area contributed by atoms with E-state index in [4.69, 9.17) is 5.84 Å². The van der Waals surface area contributed by atoms with Gasteiger partial charge in [-0.3, -0.25) is 11.3 Å². The number of hydrazine groups is 1. The first-order valence-electron chi connectivity index (χ1n) is 4.84. The van der Waals surface area contributed by atoms with Gasteiger partial charge in [-0.05, 0) is 18.1 Å². The van der Waals surface area contributed by atoms with Crippen molar-refractivity contribution in [2.45, 2.75) is 44.9 Å². The number of rotatable bonds is 7. The SMILES string of the molecule is C=C(CC)CC(CSC(C)C)NN. The zero-order valence-electron chi connectivity index (χ0n) is 8.97. The average Bonchev–Trinajstić information content (AvgIpc) is 2.11. The molecule has 0 heterocycles. The molecule has 0 radical (unpaired) electrons. The molecule has 0 aromatic carbocycles. The Morgan fingerprint density at radius 1 is 1.54 bits per heavy atom. The van der Waals surface area contributed by atoms with Crippen molar-refractivity contribution in [2.24, 2.45) is 5.84 Å². The number of hydrogen-bond donors (Lipinski definition) is 2. The second-order valence-electron chi connectivity index (χ2n) is 3.55. The third kappa shape index (κ3) is 7.11. The molecule has 78 valence electrons. The molecule has 0 bridgehead atoms. The van der Waals surface area contributed by atoms with Gasteiger partial charge in [0.15, 0.2) is 0 Å². The van der Waals surface area contributed by atoms with Crippen LogP contribution >= 0.6 is 11.8 Å². The summed E-state index contributed by atoms with van der Waals surface area (Å²) in [5.41, 5.74) is 4.11. The van der Waals surface area contributed by atoms with Gasteiger partial charge in [-0.1, -0.05) is 32.9 Å². The van der Waals surface area contributed by atoms with Crippen LogP contribution < -0.4 is 11.3 Å². The van der Waals surface area contributed by atoms with Crippen LogP contribution in [0, 0.1) is 0 Å². The number of thioether (sulfide) groups is 1. The summed E-state index contributed by atoms with van der Waals surface area (Å²) in [4.78, 5) is 0. The summed E-state index contributed by atoms with van der Waals surface area (Å²) in [5.74, 6) is 6.52. The zero-order chi connectivity index (χ0) is 10.3. The van der Waals surface area contributed by atoms with Crippen molar-refractivity contribution in [1.82, 2.24) is 5.43 Å². The molecule has 0 fully saturated rings. The van der Waals surface area contributed by atoms with Gasteiger partial charge in [-0.15, -0.1) is 0 Å². The van der Waals surface area contributed by atoms with E-state index in [-0.39, 0.29) is 0 Å². The molecule has 3 heteroatoms. The molecule has 0 saturated carbocycles. The van der Waals surface area contributed by atoms with E-state index < -0.39 is 0 Å². The van der Waals surface area contributed by atoms with Crippen molar-refractivity contribution in [2.75, 3.05) is 5.75 Å². The Labute approximate surface area is 86.3 Å². The average molecular weight is 202 g/mol. The van der Waals surface area contributed by atoms with Gasteiger partial charge in [0.1, 0.15) is 0 Å². The van der Waals surface area contributed by atoms with Crippen LogP contribution in [-0.4, -0.2) is 17.0 Å². The van der Waals surface area contributed by atoms with Gasteiger partial charge in [-0.25, -0.2) is 0 Å². The monoisotopic (exact) mass is 202 g/mol. The van der Waals surface area contributed by atoms with Crippen molar-refractivity contribution >= 4 is 11.8 Å². The van der Waals surface area contributed by atoms with Crippen molar-refractivity contribution in [3.05, 3.63) is 12.2 Å². The van der Waals surface area contributed by atoms with Gasteiger partial charge in [0.05, 0.1) is 0 Å². The van der Waals surface area contributed by atoms with Gasteiger partial charge in [0.25, 0.3) is 0 Å². The minimum absolute atomic E-state index is 0.375. The molecule has 0 aromatic rings. The topological polar surface area (TPSA) is 38.0 Å². The Balaban J connectivity index is 3.69. The normalized spacial score (nSPS) is 13.3. The molecule has 1 unspecified atom stereocenters. The molecule has 0 rings (SSSR count). The van der Waals surface area contributed by atoms with Crippen LogP contribution in [0.5, 0.6) is 0 Å². The van der Waals surface area contributed by atoms with Crippen LogP contribution in [0.15, 0.2) is 12.2 Å². The lowest BCUT2D eigenvalue weighted by molar-refractivity contribution is 0.567. The maximum Gasteiger partial charge on any atom is 0.0338 e. The molecule has 0 aliphatic heterocycles. The smallest absolute Gasteiger partial charge is 0.0338 e. The fourth-order valence-electron chi connectivity index (χ4n) is 0.967. The molecule has 0 aromatic heterocycles. The highest BCUT2D eigenvalue weighted by molar-refractivity contribution is 7.99. The van der Waals surface area contributed by atoms with Crippen LogP contribution in [0.2, 0.25) is 0 Å². The van der Waals surface area contributed by atoms with E-state index in [1.165, 1.54) is 5.57 Å². The Morgan fingerprint density at radius 3 is 2.54 bits per heavy atom. The maximum atomic E-state index is 5.46. The molecule has 13 heavy (non-hydrogen) atoms. The predicted molar refractivity (Wildman–Crippen MR) is 62.8 cm³/mol. The third-order valence-electron chi connectivity index (χ3n) is 1.90. The molecule has 2 nitrogen and oxygen atoms in total. The summed E-state index contributed by atoms with van der Waals surface area (Å²) in [7, 11) is 0. The van der Waals surface area contributed by atoms with E-state index in [2.05, 4.69) is 32.8 Å². The summed E-state index contributed by atoms with van der Waals surface area (Å²) >= 11 is 1.93. The van der Waals surface area contributed by atoms with Gasteiger partial charge in [-0.2, -0.15) is 11.8 Å². The highest BCUT2D eigenvalue weighted by Crippen LogP contribution is 2.15. The van der Waals surface area contributed by atoms with E-state index in [0.717, 1.165) is 18.6 Å². The highest BCUT2D eigenvalue weighted by atomic mass is 32.2. The van der Waals surface area contributed by atoms with E-state index in [1.807, 2.05) is 11.8 Å². The molecule has 3 N–H and O–H groups in total. The highest BCUT2D eigenvalue weighted by Gasteiger charge is 2.08. The summed E-state index contributed by atoms with van der Waals surface area (Å²) in [6.45, 7) is 10.5. The number of nitrogens with one attached hydrogen (secondary N) is 1. The molecular weight excluding hydrogens is 180 g/mol. The third-order valence-corrected chi connectivity index (χ3v) is 3.16. The Bertz CT molecular complexity index is 146. The van der Waals surface area contributed by atoms with Crippen LogP contribution in [0.3, 0.4) is 0 Å². The van der Waals surface area contributed by atoms with Crippen molar-refractivity contribution in [3.8, 4) is 0 Å². The second-order valence-corrected chi connectivity index (χ2v) is 5.16. The lowest BCUT2D eigenvalue weighted by Crippen LogP contribution is -2.37. The molecule has 0 aliphatic rings.